The lowest BCUT2D eigenvalue weighted by Gasteiger charge is -2.32. The van der Waals surface area contributed by atoms with E-state index in [0.29, 0.717) is 18.5 Å². The molecule has 1 heterocycles. The Balaban J connectivity index is 1.59. The fourth-order valence-electron chi connectivity index (χ4n) is 4.06. The van der Waals surface area contributed by atoms with Crippen LogP contribution in [0.2, 0.25) is 0 Å². The molecule has 3 rings (SSSR count). The number of ether oxygens (including phenoxy) is 2. The number of rotatable bonds is 5. The van der Waals surface area contributed by atoms with E-state index in [-0.39, 0.29) is 5.91 Å². The smallest absolute Gasteiger partial charge is 0.234 e. The quantitative estimate of drug-likeness (QED) is 0.891. The number of benzene rings is 1. The van der Waals surface area contributed by atoms with Gasteiger partial charge in [0.05, 0.1) is 20.8 Å². The highest BCUT2D eigenvalue weighted by atomic mass is 16.5. The molecule has 2 aliphatic rings. The van der Waals surface area contributed by atoms with Crippen LogP contribution in [0, 0.1) is 5.92 Å². The van der Waals surface area contributed by atoms with Gasteiger partial charge in [0, 0.05) is 19.1 Å². The Kier molecular flexibility index (Phi) is 5.84. The average Bonchev–Trinajstić information content (AvgIpc) is 2.62. The van der Waals surface area contributed by atoms with Gasteiger partial charge in [-0.25, -0.2) is 0 Å². The molecule has 1 amide bonds. The second kappa shape index (κ2) is 8.09. The Hall–Kier alpha value is -1.75. The first-order chi connectivity index (χ1) is 12.1. The first-order valence-corrected chi connectivity index (χ1v) is 9.36. The number of nitrogens with zero attached hydrogens (tertiary/aromatic N) is 1. The number of hydrogen-bond acceptors (Lipinski definition) is 4. The predicted octanol–water partition coefficient (Wildman–Crippen LogP) is 2.76. The molecule has 1 fully saturated rings. The van der Waals surface area contributed by atoms with Crippen LogP contribution < -0.4 is 14.8 Å². The van der Waals surface area contributed by atoms with Crippen LogP contribution in [-0.2, 0) is 17.8 Å². The van der Waals surface area contributed by atoms with Crippen molar-refractivity contribution in [3.8, 4) is 11.5 Å². The standard InChI is InChI=1S/C20H30N2O3/c1-14-6-4-5-7-17(14)21-20(23)13-22-9-8-15-10-18(24-2)19(25-3)11-16(15)12-22/h10-11,14,17H,4-9,12-13H2,1-3H3,(H,21,23)/t14-,17+/m1/s1. The molecule has 5 nitrogen and oxygen atoms in total. The molecule has 25 heavy (non-hydrogen) atoms. The van der Waals surface area contributed by atoms with Gasteiger partial charge in [0.1, 0.15) is 0 Å². The summed E-state index contributed by atoms with van der Waals surface area (Å²) in [7, 11) is 3.32. The van der Waals surface area contributed by atoms with Crippen LogP contribution in [0.15, 0.2) is 12.1 Å². The van der Waals surface area contributed by atoms with E-state index in [9.17, 15) is 4.79 Å². The number of amides is 1. The third kappa shape index (κ3) is 4.27. The molecule has 0 bridgehead atoms. The maximum absolute atomic E-state index is 12.5. The van der Waals surface area contributed by atoms with E-state index >= 15 is 0 Å². The number of hydrogen-bond donors (Lipinski definition) is 1. The number of carbonyl (C=O) groups is 1. The van der Waals surface area contributed by atoms with Crippen LogP contribution in [0.25, 0.3) is 0 Å². The molecule has 1 saturated carbocycles. The molecule has 0 unspecified atom stereocenters. The van der Waals surface area contributed by atoms with E-state index in [1.807, 2.05) is 6.07 Å². The second-order valence-corrected chi connectivity index (χ2v) is 7.37. The molecule has 1 N–H and O–H groups in total. The zero-order valence-electron chi connectivity index (χ0n) is 15.6. The molecular formula is C20H30N2O3. The second-order valence-electron chi connectivity index (χ2n) is 7.37. The van der Waals surface area contributed by atoms with Gasteiger partial charge in [0.2, 0.25) is 5.91 Å². The average molecular weight is 346 g/mol. The van der Waals surface area contributed by atoms with Crippen molar-refractivity contribution in [2.75, 3.05) is 27.3 Å². The summed E-state index contributed by atoms with van der Waals surface area (Å²) in [5, 5.41) is 3.26. The van der Waals surface area contributed by atoms with Crippen molar-refractivity contribution in [1.82, 2.24) is 10.2 Å². The minimum absolute atomic E-state index is 0.155. The highest BCUT2D eigenvalue weighted by Crippen LogP contribution is 2.33. The van der Waals surface area contributed by atoms with E-state index in [1.165, 1.54) is 30.4 Å². The summed E-state index contributed by atoms with van der Waals surface area (Å²) in [6.07, 6.45) is 5.80. The van der Waals surface area contributed by atoms with Crippen LogP contribution in [0.3, 0.4) is 0 Å². The van der Waals surface area contributed by atoms with Gasteiger partial charge in [-0.15, -0.1) is 0 Å². The third-order valence-electron chi connectivity index (χ3n) is 5.62. The van der Waals surface area contributed by atoms with Crippen molar-refractivity contribution >= 4 is 5.91 Å². The number of carbonyl (C=O) groups excluding carboxylic acids is 1. The predicted molar refractivity (Wildman–Crippen MR) is 98.1 cm³/mol. The normalized spacial score (nSPS) is 23.6. The van der Waals surface area contributed by atoms with Crippen molar-refractivity contribution in [1.29, 1.82) is 0 Å². The molecule has 1 aliphatic carbocycles. The molecule has 0 aromatic heterocycles. The highest BCUT2D eigenvalue weighted by Gasteiger charge is 2.25. The van der Waals surface area contributed by atoms with Crippen molar-refractivity contribution in [3.63, 3.8) is 0 Å². The maximum atomic E-state index is 12.5. The van der Waals surface area contributed by atoms with Gasteiger partial charge in [-0.1, -0.05) is 19.8 Å². The Bertz CT molecular complexity index is 617. The van der Waals surface area contributed by atoms with Gasteiger partial charge in [0.25, 0.3) is 0 Å². The molecular weight excluding hydrogens is 316 g/mol. The van der Waals surface area contributed by atoms with Gasteiger partial charge in [0.15, 0.2) is 11.5 Å². The Morgan fingerprint density at radius 2 is 1.84 bits per heavy atom. The van der Waals surface area contributed by atoms with Crippen LogP contribution in [0.4, 0.5) is 0 Å². The molecule has 0 saturated heterocycles. The summed E-state index contributed by atoms with van der Waals surface area (Å²) in [6, 6.07) is 4.46. The lowest BCUT2D eigenvalue weighted by Crippen LogP contribution is -2.46. The van der Waals surface area contributed by atoms with Crippen molar-refractivity contribution in [2.24, 2.45) is 5.92 Å². The molecule has 1 aromatic rings. The summed E-state index contributed by atoms with van der Waals surface area (Å²) < 4.78 is 10.8. The minimum Gasteiger partial charge on any atom is -0.493 e. The monoisotopic (exact) mass is 346 g/mol. The van der Waals surface area contributed by atoms with E-state index < -0.39 is 0 Å². The fourth-order valence-corrected chi connectivity index (χ4v) is 4.06. The number of nitrogens with one attached hydrogen (secondary N) is 1. The molecule has 1 aromatic carbocycles. The zero-order chi connectivity index (χ0) is 17.8. The summed E-state index contributed by atoms with van der Waals surface area (Å²) in [6.45, 7) is 4.40. The van der Waals surface area contributed by atoms with E-state index in [0.717, 1.165) is 37.4 Å². The molecule has 2 atom stereocenters. The Morgan fingerprint density at radius 1 is 1.16 bits per heavy atom. The molecule has 0 radical (unpaired) electrons. The van der Waals surface area contributed by atoms with Crippen LogP contribution in [-0.4, -0.2) is 44.2 Å². The van der Waals surface area contributed by atoms with Gasteiger partial charge >= 0.3 is 0 Å². The van der Waals surface area contributed by atoms with Crippen LogP contribution in [0.5, 0.6) is 11.5 Å². The lowest BCUT2D eigenvalue weighted by atomic mass is 9.86. The van der Waals surface area contributed by atoms with Gasteiger partial charge in [-0.05, 0) is 48.4 Å². The molecule has 0 spiro atoms. The fraction of sp³-hybridized carbons (Fsp3) is 0.650. The highest BCUT2D eigenvalue weighted by molar-refractivity contribution is 5.78. The van der Waals surface area contributed by atoms with Crippen LogP contribution in [0.1, 0.15) is 43.7 Å². The van der Waals surface area contributed by atoms with Crippen molar-refractivity contribution in [3.05, 3.63) is 23.3 Å². The summed E-state index contributed by atoms with van der Waals surface area (Å²) in [4.78, 5) is 14.7. The Morgan fingerprint density at radius 3 is 2.52 bits per heavy atom. The van der Waals surface area contributed by atoms with Crippen LogP contribution >= 0.6 is 0 Å². The van der Waals surface area contributed by atoms with E-state index in [4.69, 9.17) is 9.47 Å². The molecule has 5 heteroatoms. The first-order valence-electron chi connectivity index (χ1n) is 9.36. The van der Waals surface area contributed by atoms with Crippen molar-refractivity contribution in [2.45, 2.75) is 51.6 Å². The van der Waals surface area contributed by atoms with Gasteiger partial charge < -0.3 is 14.8 Å². The lowest BCUT2D eigenvalue weighted by molar-refractivity contribution is -0.123. The van der Waals surface area contributed by atoms with Gasteiger partial charge in [-0.3, -0.25) is 9.69 Å². The maximum Gasteiger partial charge on any atom is 0.234 e. The number of fused-ring (bicyclic) bond motifs is 1. The summed E-state index contributed by atoms with van der Waals surface area (Å²) >= 11 is 0. The molecule has 1 aliphatic heterocycles. The molecule has 138 valence electrons. The Labute approximate surface area is 150 Å². The largest absolute Gasteiger partial charge is 0.493 e. The number of methoxy groups -OCH3 is 2. The van der Waals surface area contributed by atoms with E-state index in [2.05, 4.69) is 23.2 Å². The third-order valence-corrected chi connectivity index (χ3v) is 5.62. The summed E-state index contributed by atoms with van der Waals surface area (Å²) in [5.41, 5.74) is 2.51. The van der Waals surface area contributed by atoms with Gasteiger partial charge in [-0.2, -0.15) is 0 Å². The minimum atomic E-state index is 0.155. The first kappa shape index (κ1) is 18.1. The van der Waals surface area contributed by atoms with E-state index in [1.54, 1.807) is 14.2 Å². The zero-order valence-corrected chi connectivity index (χ0v) is 15.6. The SMILES string of the molecule is COc1cc2c(cc1OC)CN(CC(=O)N[C@H]1CCCC[C@H]1C)CC2. The van der Waals surface area contributed by atoms with Crippen molar-refractivity contribution < 1.29 is 14.3 Å². The topological polar surface area (TPSA) is 50.8 Å². The summed E-state index contributed by atoms with van der Waals surface area (Å²) in [5.74, 6) is 2.28.